The van der Waals surface area contributed by atoms with Crippen molar-refractivity contribution in [3.05, 3.63) is 81.0 Å². The van der Waals surface area contributed by atoms with Crippen molar-refractivity contribution < 1.29 is 13.6 Å². The van der Waals surface area contributed by atoms with Crippen LogP contribution in [0.1, 0.15) is 27.0 Å². The average molecular weight is 325 g/mol. The first-order chi connectivity index (χ1) is 11.4. The van der Waals surface area contributed by atoms with Gasteiger partial charge in [0.1, 0.15) is 11.4 Å². The van der Waals surface area contributed by atoms with Gasteiger partial charge >= 0.3 is 5.63 Å². The Hall–Kier alpha value is -2.95. The number of fused-ring (bicyclic) bond motifs is 1. The summed E-state index contributed by atoms with van der Waals surface area (Å²) >= 11 is 0. The van der Waals surface area contributed by atoms with Crippen molar-refractivity contribution in [2.75, 3.05) is 0 Å². The second-order valence-corrected chi connectivity index (χ2v) is 5.71. The molecule has 0 unspecified atom stereocenters. The lowest BCUT2D eigenvalue weighted by Crippen LogP contribution is -2.23. The van der Waals surface area contributed by atoms with Gasteiger partial charge < -0.3 is 9.73 Å². The number of halogens is 1. The highest BCUT2D eigenvalue weighted by Gasteiger charge is 2.10. The zero-order valence-corrected chi connectivity index (χ0v) is 13.4. The first-order valence-electron chi connectivity index (χ1n) is 7.52. The second-order valence-electron chi connectivity index (χ2n) is 5.71. The summed E-state index contributed by atoms with van der Waals surface area (Å²) in [6.07, 6.45) is 0. The molecule has 0 saturated carbocycles. The number of carbonyl (C=O) groups excluding carboxylic acids is 1. The first kappa shape index (κ1) is 15.9. The molecule has 2 aromatic carbocycles. The summed E-state index contributed by atoms with van der Waals surface area (Å²) in [5, 5.41) is 3.54. The summed E-state index contributed by atoms with van der Waals surface area (Å²) in [6.45, 7) is 4.10. The molecule has 24 heavy (non-hydrogen) atoms. The minimum atomic E-state index is -0.461. The van der Waals surface area contributed by atoms with Crippen molar-refractivity contribution in [2.24, 2.45) is 0 Å². The molecule has 0 aliphatic rings. The largest absolute Gasteiger partial charge is 0.423 e. The van der Waals surface area contributed by atoms with Crippen LogP contribution in [-0.4, -0.2) is 5.91 Å². The number of amides is 1. The lowest BCUT2D eigenvalue weighted by atomic mass is 10.0. The Morgan fingerprint density at radius 1 is 1.08 bits per heavy atom. The van der Waals surface area contributed by atoms with Gasteiger partial charge in [-0.3, -0.25) is 4.79 Å². The van der Waals surface area contributed by atoms with Gasteiger partial charge in [0.2, 0.25) is 0 Å². The van der Waals surface area contributed by atoms with Crippen molar-refractivity contribution in [1.82, 2.24) is 5.32 Å². The van der Waals surface area contributed by atoms with E-state index in [4.69, 9.17) is 4.42 Å². The molecule has 0 aliphatic heterocycles. The molecule has 0 bridgehead atoms. The maximum Gasteiger partial charge on any atom is 0.336 e. The van der Waals surface area contributed by atoms with Gasteiger partial charge in [-0.25, -0.2) is 9.18 Å². The molecular weight excluding hydrogens is 309 g/mol. The molecule has 3 rings (SSSR count). The summed E-state index contributed by atoms with van der Waals surface area (Å²) < 4.78 is 18.1. The Balaban J connectivity index is 1.89. The van der Waals surface area contributed by atoms with E-state index in [2.05, 4.69) is 5.32 Å². The molecule has 3 aromatic rings. The Labute approximate surface area is 137 Å². The van der Waals surface area contributed by atoms with Crippen molar-refractivity contribution in [2.45, 2.75) is 20.4 Å². The summed E-state index contributed by atoms with van der Waals surface area (Å²) in [5.41, 5.74) is 3.17. The average Bonchev–Trinajstić information content (AvgIpc) is 2.54. The van der Waals surface area contributed by atoms with Crippen LogP contribution in [0.3, 0.4) is 0 Å². The Morgan fingerprint density at radius 2 is 1.75 bits per heavy atom. The quantitative estimate of drug-likeness (QED) is 0.750. The molecule has 0 atom stereocenters. The normalized spacial score (nSPS) is 10.8. The van der Waals surface area contributed by atoms with Crippen LogP contribution in [0.25, 0.3) is 11.0 Å². The molecule has 1 aromatic heterocycles. The van der Waals surface area contributed by atoms with E-state index >= 15 is 0 Å². The zero-order valence-electron chi connectivity index (χ0n) is 13.4. The summed E-state index contributed by atoms with van der Waals surface area (Å²) in [6, 6.07) is 10.4. The van der Waals surface area contributed by atoms with Gasteiger partial charge in [-0.2, -0.15) is 0 Å². The van der Waals surface area contributed by atoms with Gasteiger partial charge in [0, 0.05) is 23.6 Å². The minimum Gasteiger partial charge on any atom is -0.423 e. The third-order valence-corrected chi connectivity index (χ3v) is 3.99. The number of hydrogen-bond donors (Lipinski definition) is 1. The Morgan fingerprint density at radius 3 is 2.46 bits per heavy atom. The van der Waals surface area contributed by atoms with E-state index in [-0.39, 0.29) is 12.5 Å². The molecule has 0 aliphatic carbocycles. The lowest BCUT2D eigenvalue weighted by Gasteiger charge is -2.09. The molecule has 1 heterocycles. The molecule has 0 saturated heterocycles. The Kier molecular flexibility index (Phi) is 4.16. The highest BCUT2D eigenvalue weighted by atomic mass is 19.1. The van der Waals surface area contributed by atoms with Gasteiger partial charge in [0.25, 0.3) is 5.91 Å². The van der Waals surface area contributed by atoms with Crippen LogP contribution in [0, 0.1) is 19.7 Å². The third-order valence-electron chi connectivity index (χ3n) is 3.99. The first-order valence-corrected chi connectivity index (χ1v) is 7.52. The number of benzene rings is 2. The fourth-order valence-corrected chi connectivity index (χ4v) is 2.51. The van der Waals surface area contributed by atoms with Gasteiger partial charge in [-0.15, -0.1) is 0 Å². The summed E-state index contributed by atoms with van der Waals surface area (Å²) in [4.78, 5) is 23.9. The summed E-state index contributed by atoms with van der Waals surface area (Å²) in [5.74, 6) is -0.732. The van der Waals surface area contributed by atoms with Gasteiger partial charge in [0.15, 0.2) is 0 Å². The van der Waals surface area contributed by atoms with Crippen LogP contribution in [-0.2, 0) is 6.54 Å². The maximum absolute atomic E-state index is 12.9. The molecule has 1 N–H and O–H groups in total. The van der Waals surface area contributed by atoms with E-state index in [0.29, 0.717) is 16.7 Å². The predicted molar refractivity (Wildman–Crippen MR) is 89.5 cm³/mol. The number of aryl methyl sites for hydroxylation is 2. The number of carbonyl (C=O) groups is 1. The fraction of sp³-hybridized carbons (Fsp3) is 0.158. The summed E-state index contributed by atoms with van der Waals surface area (Å²) in [7, 11) is 0. The van der Waals surface area contributed by atoms with E-state index < -0.39 is 11.4 Å². The highest BCUT2D eigenvalue weighted by Crippen LogP contribution is 2.21. The molecule has 0 fully saturated rings. The highest BCUT2D eigenvalue weighted by molar-refractivity contribution is 5.94. The molecule has 122 valence electrons. The standard InChI is InChI=1S/C19H16FNO3/c1-11-7-16-14(9-18(22)24-17(16)8-12(11)2)10-21-19(23)13-3-5-15(20)6-4-13/h3-9H,10H2,1-2H3,(H,21,23). The van der Waals surface area contributed by atoms with Crippen LogP contribution < -0.4 is 10.9 Å². The van der Waals surface area contributed by atoms with Crippen molar-refractivity contribution >= 4 is 16.9 Å². The van der Waals surface area contributed by atoms with Crippen LogP contribution in [0.15, 0.2) is 51.7 Å². The third kappa shape index (κ3) is 3.20. The van der Waals surface area contributed by atoms with Crippen LogP contribution in [0.4, 0.5) is 4.39 Å². The smallest absolute Gasteiger partial charge is 0.336 e. The molecule has 0 spiro atoms. The Bertz CT molecular complexity index is 974. The van der Waals surface area contributed by atoms with Gasteiger partial charge in [-0.1, -0.05) is 0 Å². The van der Waals surface area contributed by atoms with Gasteiger partial charge in [-0.05, 0) is 66.9 Å². The molecule has 1 amide bonds. The zero-order chi connectivity index (χ0) is 17.3. The van der Waals surface area contributed by atoms with E-state index in [1.165, 1.54) is 30.3 Å². The van der Waals surface area contributed by atoms with Crippen molar-refractivity contribution in [3.8, 4) is 0 Å². The van der Waals surface area contributed by atoms with E-state index in [9.17, 15) is 14.0 Å². The minimum absolute atomic E-state index is 0.181. The van der Waals surface area contributed by atoms with E-state index in [1.54, 1.807) is 0 Å². The van der Waals surface area contributed by atoms with Gasteiger partial charge in [0.05, 0.1) is 0 Å². The number of rotatable bonds is 3. The molecular formula is C19H16FNO3. The van der Waals surface area contributed by atoms with E-state index in [0.717, 1.165) is 16.5 Å². The molecule has 0 radical (unpaired) electrons. The molecule has 4 nitrogen and oxygen atoms in total. The monoisotopic (exact) mass is 325 g/mol. The lowest BCUT2D eigenvalue weighted by molar-refractivity contribution is 0.0951. The second kappa shape index (κ2) is 6.28. The SMILES string of the molecule is Cc1cc2oc(=O)cc(CNC(=O)c3ccc(F)cc3)c2cc1C. The van der Waals surface area contributed by atoms with Crippen molar-refractivity contribution in [1.29, 1.82) is 0 Å². The van der Waals surface area contributed by atoms with Crippen LogP contribution in [0.5, 0.6) is 0 Å². The van der Waals surface area contributed by atoms with E-state index in [1.807, 2.05) is 26.0 Å². The van der Waals surface area contributed by atoms with Crippen LogP contribution >= 0.6 is 0 Å². The fourth-order valence-electron chi connectivity index (χ4n) is 2.51. The predicted octanol–water partition coefficient (Wildman–Crippen LogP) is 3.48. The number of hydrogen-bond acceptors (Lipinski definition) is 3. The van der Waals surface area contributed by atoms with Crippen molar-refractivity contribution in [3.63, 3.8) is 0 Å². The maximum atomic E-state index is 12.9. The topological polar surface area (TPSA) is 59.3 Å². The van der Waals surface area contributed by atoms with Crippen LogP contribution in [0.2, 0.25) is 0 Å². The number of nitrogens with one attached hydrogen (secondary N) is 1. The molecule has 5 heteroatoms.